The highest BCUT2D eigenvalue weighted by molar-refractivity contribution is 5.72. The number of fused-ring (bicyclic) bond motifs is 1. The number of nitrogens with one attached hydrogen (secondary N) is 1. The van der Waals surface area contributed by atoms with Gasteiger partial charge in [-0.2, -0.15) is 5.26 Å². The van der Waals surface area contributed by atoms with E-state index in [1.165, 1.54) is 11.1 Å². The zero-order valence-corrected chi connectivity index (χ0v) is 14.6. The molecule has 1 aliphatic carbocycles. The molecule has 2 aromatic heterocycles. The molecule has 4 heteroatoms. The van der Waals surface area contributed by atoms with Gasteiger partial charge in [-0.05, 0) is 54.5 Å². The van der Waals surface area contributed by atoms with E-state index in [0.29, 0.717) is 17.9 Å². The number of rotatable bonds is 4. The van der Waals surface area contributed by atoms with E-state index in [1.807, 2.05) is 30.3 Å². The fourth-order valence-corrected chi connectivity index (χ4v) is 3.59. The first-order valence-corrected chi connectivity index (χ1v) is 9.01. The third-order valence-corrected chi connectivity index (χ3v) is 4.88. The van der Waals surface area contributed by atoms with Crippen LogP contribution in [0.15, 0.2) is 54.9 Å². The molecule has 3 aromatic rings. The minimum atomic E-state index is 0.622. The van der Waals surface area contributed by atoms with Crippen molar-refractivity contribution in [2.75, 3.05) is 5.32 Å². The summed E-state index contributed by atoms with van der Waals surface area (Å²) in [5, 5.41) is 13.2. The van der Waals surface area contributed by atoms with Crippen LogP contribution in [0.25, 0.3) is 11.3 Å². The van der Waals surface area contributed by atoms with Crippen molar-refractivity contribution < 1.29 is 0 Å². The summed E-state index contributed by atoms with van der Waals surface area (Å²) in [7, 11) is 0. The number of nitriles is 1. The summed E-state index contributed by atoms with van der Waals surface area (Å²) in [4.78, 5) is 8.94. The normalized spacial score (nSPS) is 12.9. The van der Waals surface area contributed by atoms with Crippen LogP contribution >= 0.6 is 0 Å². The molecule has 0 bridgehead atoms. The lowest BCUT2D eigenvalue weighted by atomic mass is 9.86. The first kappa shape index (κ1) is 16.3. The lowest BCUT2D eigenvalue weighted by Crippen LogP contribution is -2.13. The molecule has 0 atom stereocenters. The van der Waals surface area contributed by atoms with E-state index in [1.54, 1.807) is 12.4 Å². The standard InChI is InChI=1S/C22H20N4/c23-14-20-18-8-4-5-9-19(18)21(17-6-2-1-3-7-17)26-22(20)25-15-16-10-12-24-13-11-16/h1-3,6-7,10-13H,4-5,8-9,15H2,(H,25,26). The second-order valence-electron chi connectivity index (χ2n) is 6.54. The highest BCUT2D eigenvalue weighted by Crippen LogP contribution is 2.35. The maximum Gasteiger partial charge on any atom is 0.145 e. The first-order valence-electron chi connectivity index (χ1n) is 9.01. The van der Waals surface area contributed by atoms with Gasteiger partial charge in [-0.3, -0.25) is 4.98 Å². The van der Waals surface area contributed by atoms with Crippen molar-refractivity contribution in [3.8, 4) is 17.3 Å². The Labute approximate surface area is 153 Å². The van der Waals surface area contributed by atoms with Crippen molar-refractivity contribution in [3.63, 3.8) is 0 Å². The summed E-state index contributed by atoms with van der Waals surface area (Å²) in [6.07, 6.45) is 7.78. The van der Waals surface area contributed by atoms with Crippen molar-refractivity contribution in [2.45, 2.75) is 32.2 Å². The molecular weight excluding hydrogens is 320 g/mol. The van der Waals surface area contributed by atoms with Gasteiger partial charge in [0.2, 0.25) is 0 Å². The lowest BCUT2D eigenvalue weighted by molar-refractivity contribution is 0.682. The zero-order chi connectivity index (χ0) is 17.8. The molecule has 0 radical (unpaired) electrons. The molecule has 0 aliphatic heterocycles. The number of nitrogens with zero attached hydrogens (tertiary/aromatic N) is 3. The van der Waals surface area contributed by atoms with E-state index in [2.05, 4.69) is 28.5 Å². The maximum absolute atomic E-state index is 9.79. The molecule has 2 heterocycles. The molecule has 4 rings (SSSR count). The highest BCUT2D eigenvalue weighted by atomic mass is 15.0. The highest BCUT2D eigenvalue weighted by Gasteiger charge is 2.22. The Morgan fingerprint density at radius 1 is 0.962 bits per heavy atom. The second-order valence-corrected chi connectivity index (χ2v) is 6.54. The van der Waals surface area contributed by atoms with E-state index in [0.717, 1.165) is 42.5 Å². The number of benzene rings is 1. The van der Waals surface area contributed by atoms with Gasteiger partial charge in [0.15, 0.2) is 0 Å². The lowest BCUT2D eigenvalue weighted by Gasteiger charge is -2.22. The molecular formula is C22H20N4. The van der Waals surface area contributed by atoms with Gasteiger partial charge in [0.05, 0.1) is 11.3 Å². The predicted molar refractivity (Wildman–Crippen MR) is 103 cm³/mol. The Hall–Kier alpha value is -3.19. The third-order valence-electron chi connectivity index (χ3n) is 4.88. The van der Waals surface area contributed by atoms with Gasteiger partial charge < -0.3 is 5.32 Å². The second kappa shape index (κ2) is 7.37. The molecule has 0 amide bonds. The van der Waals surface area contributed by atoms with Gasteiger partial charge in [-0.1, -0.05) is 30.3 Å². The quantitative estimate of drug-likeness (QED) is 0.759. The Kier molecular flexibility index (Phi) is 4.61. The molecule has 0 saturated heterocycles. The Morgan fingerprint density at radius 3 is 2.42 bits per heavy atom. The van der Waals surface area contributed by atoms with Gasteiger partial charge in [0.25, 0.3) is 0 Å². The SMILES string of the molecule is N#Cc1c(NCc2ccncc2)nc(-c2ccccc2)c2c1CCCC2. The van der Waals surface area contributed by atoms with Crippen molar-refractivity contribution in [2.24, 2.45) is 0 Å². The molecule has 0 spiro atoms. The van der Waals surface area contributed by atoms with Crippen LogP contribution in [-0.4, -0.2) is 9.97 Å². The van der Waals surface area contributed by atoms with E-state index in [-0.39, 0.29) is 0 Å². The summed E-state index contributed by atoms with van der Waals surface area (Å²) in [6, 6.07) is 16.6. The van der Waals surface area contributed by atoms with Crippen molar-refractivity contribution in [3.05, 3.63) is 77.1 Å². The van der Waals surface area contributed by atoms with Gasteiger partial charge >= 0.3 is 0 Å². The summed E-state index contributed by atoms with van der Waals surface area (Å²) < 4.78 is 0. The Morgan fingerprint density at radius 2 is 1.69 bits per heavy atom. The van der Waals surface area contributed by atoms with Crippen LogP contribution in [0.3, 0.4) is 0 Å². The Balaban J connectivity index is 1.79. The molecule has 4 nitrogen and oxygen atoms in total. The summed E-state index contributed by atoms with van der Waals surface area (Å²) in [6.45, 7) is 0.622. The van der Waals surface area contributed by atoms with Gasteiger partial charge in [-0.25, -0.2) is 4.98 Å². The Bertz CT molecular complexity index is 943. The number of pyridine rings is 2. The largest absolute Gasteiger partial charge is 0.365 e. The van der Waals surface area contributed by atoms with Crippen molar-refractivity contribution >= 4 is 5.82 Å². The smallest absolute Gasteiger partial charge is 0.145 e. The minimum Gasteiger partial charge on any atom is -0.365 e. The van der Waals surface area contributed by atoms with Crippen LogP contribution in [0, 0.1) is 11.3 Å². The zero-order valence-electron chi connectivity index (χ0n) is 14.6. The van der Waals surface area contributed by atoms with Crippen LogP contribution in [0.1, 0.15) is 35.1 Å². The summed E-state index contributed by atoms with van der Waals surface area (Å²) >= 11 is 0. The molecule has 0 unspecified atom stereocenters. The summed E-state index contributed by atoms with van der Waals surface area (Å²) in [5.74, 6) is 0.684. The molecule has 1 aliphatic rings. The van der Waals surface area contributed by atoms with E-state index in [4.69, 9.17) is 4.98 Å². The molecule has 1 N–H and O–H groups in total. The molecule has 0 fully saturated rings. The molecule has 1 aromatic carbocycles. The van der Waals surface area contributed by atoms with Crippen LogP contribution in [0.5, 0.6) is 0 Å². The van der Waals surface area contributed by atoms with Gasteiger partial charge in [-0.15, -0.1) is 0 Å². The van der Waals surface area contributed by atoms with Crippen LogP contribution in [-0.2, 0) is 19.4 Å². The fourth-order valence-electron chi connectivity index (χ4n) is 3.59. The molecule has 26 heavy (non-hydrogen) atoms. The van der Waals surface area contributed by atoms with E-state index >= 15 is 0 Å². The average molecular weight is 340 g/mol. The number of anilines is 1. The number of aromatic nitrogens is 2. The molecule has 128 valence electrons. The van der Waals surface area contributed by atoms with E-state index in [9.17, 15) is 5.26 Å². The summed E-state index contributed by atoms with van der Waals surface area (Å²) in [5.41, 5.74) is 6.36. The minimum absolute atomic E-state index is 0.622. The first-order chi connectivity index (χ1) is 12.9. The van der Waals surface area contributed by atoms with Crippen LogP contribution < -0.4 is 5.32 Å². The fraction of sp³-hybridized carbons (Fsp3) is 0.227. The van der Waals surface area contributed by atoms with E-state index < -0.39 is 0 Å². The van der Waals surface area contributed by atoms with Gasteiger partial charge in [0, 0.05) is 24.5 Å². The predicted octanol–water partition coefficient (Wildman–Crippen LogP) is 4.51. The topological polar surface area (TPSA) is 61.6 Å². The number of hydrogen-bond donors (Lipinski definition) is 1. The van der Waals surface area contributed by atoms with Crippen LogP contribution in [0.4, 0.5) is 5.82 Å². The monoisotopic (exact) mass is 340 g/mol. The molecule has 0 saturated carbocycles. The van der Waals surface area contributed by atoms with Crippen molar-refractivity contribution in [1.82, 2.24) is 9.97 Å². The van der Waals surface area contributed by atoms with Crippen molar-refractivity contribution in [1.29, 1.82) is 5.26 Å². The third kappa shape index (κ3) is 3.16. The average Bonchev–Trinajstić information content (AvgIpc) is 2.72. The van der Waals surface area contributed by atoms with Crippen LogP contribution in [0.2, 0.25) is 0 Å². The van der Waals surface area contributed by atoms with Gasteiger partial charge in [0.1, 0.15) is 11.9 Å². The number of hydrogen-bond acceptors (Lipinski definition) is 4. The maximum atomic E-state index is 9.79.